The number of hydrogen-bond donors (Lipinski definition) is 0. The summed E-state index contributed by atoms with van der Waals surface area (Å²) in [5.41, 5.74) is 8.37. The summed E-state index contributed by atoms with van der Waals surface area (Å²) >= 11 is 3.40. The Hall–Kier alpha value is -2.66. The molecule has 0 fully saturated rings. The largest absolute Gasteiger partial charge is 0.366 e. The molecule has 4 nitrogen and oxygen atoms in total. The second-order valence-corrected chi connectivity index (χ2v) is 10.1. The molecule has 0 saturated carbocycles. The van der Waals surface area contributed by atoms with Crippen LogP contribution in [0.4, 0.5) is 0 Å². The topological polar surface area (TPSA) is 43.6 Å². The molecule has 31 heavy (non-hydrogen) atoms. The lowest BCUT2D eigenvalue weighted by Crippen LogP contribution is -2.28. The Balaban J connectivity index is 1.76. The number of oxime groups is 1. The van der Waals surface area contributed by atoms with E-state index in [1.807, 2.05) is 18.2 Å². The highest BCUT2D eigenvalue weighted by molar-refractivity contribution is 9.10. The molecule has 0 aliphatic heterocycles. The van der Waals surface area contributed by atoms with Crippen LogP contribution < -0.4 is 0 Å². The maximum Gasteiger partial charge on any atom is 0.366 e. The zero-order valence-electron chi connectivity index (χ0n) is 18.6. The molecule has 160 valence electrons. The lowest BCUT2D eigenvalue weighted by molar-refractivity contribution is 0.0513. The number of nitrogens with zero attached hydrogens (tertiary/aromatic N) is 2. The molecule has 1 aromatic heterocycles. The minimum Gasteiger partial charge on any atom is -0.318 e. The van der Waals surface area contributed by atoms with Crippen LogP contribution >= 0.6 is 15.9 Å². The zero-order chi connectivity index (χ0) is 22.3. The van der Waals surface area contributed by atoms with Gasteiger partial charge in [0, 0.05) is 27.1 Å². The molecule has 0 saturated heterocycles. The van der Waals surface area contributed by atoms with E-state index in [9.17, 15) is 4.79 Å². The molecule has 0 N–H and O–H groups in total. The van der Waals surface area contributed by atoms with Gasteiger partial charge in [0.05, 0.1) is 11.3 Å². The quantitative estimate of drug-likeness (QED) is 0.310. The van der Waals surface area contributed by atoms with Crippen molar-refractivity contribution in [1.82, 2.24) is 4.57 Å². The first kappa shape index (κ1) is 21.6. The second kappa shape index (κ2) is 8.12. The van der Waals surface area contributed by atoms with Crippen molar-refractivity contribution in [2.24, 2.45) is 10.6 Å². The molecule has 0 bridgehead atoms. The normalized spacial score (nSPS) is 16.3. The summed E-state index contributed by atoms with van der Waals surface area (Å²) in [7, 11) is 0. The average Bonchev–Trinajstić information content (AvgIpc) is 3.00. The summed E-state index contributed by atoms with van der Waals surface area (Å²) in [5.74, 6) is -0.463. The molecule has 0 spiro atoms. The van der Waals surface area contributed by atoms with Gasteiger partial charge in [0.25, 0.3) is 0 Å². The minimum absolute atomic E-state index is 0.00693. The minimum atomic E-state index is -0.463. The van der Waals surface area contributed by atoms with Gasteiger partial charge in [0.2, 0.25) is 0 Å². The standard InChI is InChI=1S/C26H27BrN2O2/c1-16-10-17(2)12-19(11-16)29-18(3)13-21-23(14-26(4,5)15-24(21)29)28-31-25(30)20-8-6-7-9-22(20)27/h6-13H,14-15H2,1-5H3/b28-23+. The van der Waals surface area contributed by atoms with Crippen LogP contribution in [0, 0.1) is 26.2 Å². The van der Waals surface area contributed by atoms with Crippen molar-refractivity contribution in [3.05, 3.63) is 86.6 Å². The maximum atomic E-state index is 12.6. The molecule has 1 aliphatic rings. The number of carbonyl (C=O) groups is 1. The van der Waals surface area contributed by atoms with E-state index in [1.165, 1.54) is 22.5 Å². The Morgan fingerprint density at radius 3 is 2.39 bits per heavy atom. The average molecular weight is 479 g/mol. The molecule has 1 aliphatic carbocycles. The fourth-order valence-electron chi connectivity index (χ4n) is 4.47. The molecular formula is C26H27BrN2O2. The van der Waals surface area contributed by atoms with Gasteiger partial charge in [-0.05, 0) is 96.4 Å². The lowest BCUT2D eigenvalue weighted by Gasteiger charge is -2.31. The summed E-state index contributed by atoms with van der Waals surface area (Å²) in [6, 6.07) is 16.0. The number of benzene rings is 2. The number of aryl methyl sites for hydroxylation is 3. The van der Waals surface area contributed by atoms with E-state index in [2.05, 4.69) is 84.5 Å². The maximum absolute atomic E-state index is 12.6. The van der Waals surface area contributed by atoms with E-state index in [-0.39, 0.29) is 5.41 Å². The van der Waals surface area contributed by atoms with Gasteiger partial charge in [-0.3, -0.25) is 0 Å². The lowest BCUT2D eigenvalue weighted by atomic mass is 9.76. The SMILES string of the molecule is Cc1cc(C)cc(-n2c(C)cc3c2CC(C)(C)C/C3=N\OC(=O)c2ccccc2Br)c1. The van der Waals surface area contributed by atoms with E-state index in [4.69, 9.17) is 4.84 Å². The highest BCUT2D eigenvalue weighted by Crippen LogP contribution is 2.38. The third-order valence-electron chi connectivity index (χ3n) is 5.69. The molecule has 4 rings (SSSR count). The summed E-state index contributed by atoms with van der Waals surface area (Å²) in [6.45, 7) is 10.8. The van der Waals surface area contributed by atoms with Crippen molar-refractivity contribution in [2.75, 3.05) is 0 Å². The first-order valence-electron chi connectivity index (χ1n) is 10.5. The Morgan fingerprint density at radius 2 is 1.71 bits per heavy atom. The van der Waals surface area contributed by atoms with Gasteiger partial charge in [0.15, 0.2) is 0 Å². The van der Waals surface area contributed by atoms with Crippen molar-refractivity contribution in [3.8, 4) is 5.69 Å². The third kappa shape index (κ3) is 4.38. The summed E-state index contributed by atoms with van der Waals surface area (Å²) in [6.07, 6.45) is 1.68. The van der Waals surface area contributed by atoms with E-state index >= 15 is 0 Å². The Labute approximate surface area is 192 Å². The van der Waals surface area contributed by atoms with Crippen molar-refractivity contribution in [3.63, 3.8) is 0 Å². The first-order chi connectivity index (χ1) is 14.6. The molecule has 0 atom stereocenters. The van der Waals surface area contributed by atoms with Gasteiger partial charge in [-0.2, -0.15) is 0 Å². The van der Waals surface area contributed by atoms with Crippen LogP contribution in [-0.2, 0) is 11.3 Å². The first-order valence-corrected chi connectivity index (χ1v) is 11.3. The van der Waals surface area contributed by atoms with Crippen LogP contribution in [0.5, 0.6) is 0 Å². The van der Waals surface area contributed by atoms with E-state index < -0.39 is 5.97 Å². The van der Waals surface area contributed by atoms with Crippen LogP contribution in [0.1, 0.15) is 58.7 Å². The van der Waals surface area contributed by atoms with E-state index in [1.54, 1.807) is 6.07 Å². The zero-order valence-corrected chi connectivity index (χ0v) is 20.2. The highest BCUT2D eigenvalue weighted by Gasteiger charge is 2.34. The molecule has 5 heteroatoms. The molecule has 0 unspecified atom stereocenters. The van der Waals surface area contributed by atoms with Crippen molar-refractivity contribution < 1.29 is 9.63 Å². The van der Waals surface area contributed by atoms with Crippen LogP contribution in [0.2, 0.25) is 0 Å². The monoisotopic (exact) mass is 478 g/mol. The summed E-state index contributed by atoms with van der Waals surface area (Å²) < 4.78 is 3.02. The third-order valence-corrected chi connectivity index (χ3v) is 6.38. The number of hydrogen-bond acceptors (Lipinski definition) is 3. The summed E-state index contributed by atoms with van der Waals surface area (Å²) in [4.78, 5) is 18.0. The van der Waals surface area contributed by atoms with Gasteiger partial charge < -0.3 is 9.40 Å². The van der Waals surface area contributed by atoms with Gasteiger partial charge in [-0.15, -0.1) is 0 Å². The molecule has 3 aromatic rings. The number of aromatic nitrogens is 1. The van der Waals surface area contributed by atoms with Gasteiger partial charge in [0.1, 0.15) is 0 Å². The molecule has 1 heterocycles. The molecular weight excluding hydrogens is 452 g/mol. The number of rotatable bonds is 3. The number of fused-ring (bicyclic) bond motifs is 1. The van der Waals surface area contributed by atoms with Gasteiger partial charge in [-0.25, -0.2) is 4.79 Å². The Kier molecular flexibility index (Phi) is 5.65. The van der Waals surface area contributed by atoms with Crippen LogP contribution in [0.3, 0.4) is 0 Å². The fraction of sp³-hybridized carbons (Fsp3) is 0.308. The van der Waals surface area contributed by atoms with Gasteiger partial charge >= 0.3 is 5.97 Å². The van der Waals surface area contributed by atoms with E-state index in [0.29, 0.717) is 10.0 Å². The predicted molar refractivity (Wildman–Crippen MR) is 128 cm³/mol. The fourth-order valence-corrected chi connectivity index (χ4v) is 4.92. The summed E-state index contributed by atoms with van der Waals surface area (Å²) in [5, 5.41) is 4.35. The smallest absolute Gasteiger partial charge is 0.318 e. The van der Waals surface area contributed by atoms with Crippen LogP contribution in [0.15, 0.2) is 58.2 Å². The van der Waals surface area contributed by atoms with Crippen LogP contribution in [0.25, 0.3) is 5.69 Å². The molecule has 2 aromatic carbocycles. The Bertz CT molecular complexity index is 1180. The van der Waals surface area contributed by atoms with Crippen molar-refractivity contribution >= 4 is 27.6 Å². The number of carbonyl (C=O) groups excluding carboxylic acids is 1. The molecule has 0 amide bonds. The van der Waals surface area contributed by atoms with Crippen LogP contribution in [-0.4, -0.2) is 16.2 Å². The Morgan fingerprint density at radius 1 is 1.03 bits per heavy atom. The van der Waals surface area contributed by atoms with Crippen molar-refractivity contribution in [1.29, 1.82) is 0 Å². The predicted octanol–water partition coefficient (Wildman–Crippen LogP) is 6.70. The van der Waals surface area contributed by atoms with Gasteiger partial charge in [-0.1, -0.05) is 37.2 Å². The highest BCUT2D eigenvalue weighted by atomic mass is 79.9. The number of halogens is 1. The van der Waals surface area contributed by atoms with Crippen molar-refractivity contribution in [2.45, 2.75) is 47.5 Å². The second-order valence-electron chi connectivity index (χ2n) is 9.24. The molecule has 0 radical (unpaired) electrons. The van der Waals surface area contributed by atoms with E-state index in [0.717, 1.165) is 29.8 Å².